The van der Waals surface area contributed by atoms with Crippen molar-refractivity contribution in [3.63, 3.8) is 0 Å². The lowest BCUT2D eigenvalue weighted by Gasteiger charge is -2.15. The van der Waals surface area contributed by atoms with E-state index in [4.69, 9.17) is 5.73 Å². The molecule has 1 atom stereocenters. The fourth-order valence-corrected chi connectivity index (χ4v) is 2.32. The molecule has 2 rings (SSSR count). The lowest BCUT2D eigenvalue weighted by molar-refractivity contribution is 0.683. The van der Waals surface area contributed by atoms with Gasteiger partial charge in [-0.2, -0.15) is 5.10 Å². The zero-order chi connectivity index (χ0) is 13.3. The van der Waals surface area contributed by atoms with Crippen molar-refractivity contribution in [3.05, 3.63) is 45.7 Å². The van der Waals surface area contributed by atoms with Crippen LogP contribution in [0.3, 0.4) is 0 Å². The maximum absolute atomic E-state index is 6.17. The second-order valence-electron chi connectivity index (χ2n) is 4.47. The van der Waals surface area contributed by atoms with Gasteiger partial charge >= 0.3 is 0 Å². The van der Waals surface area contributed by atoms with Crippen molar-refractivity contribution in [1.82, 2.24) is 9.78 Å². The third kappa shape index (κ3) is 2.22. The summed E-state index contributed by atoms with van der Waals surface area (Å²) >= 11 is 3.56. The Bertz CT molecular complexity index is 560. The van der Waals surface area contributed by atoms with E-state index in [0.29, 0.717) is 0 Å². The second kappa shape index (κ2) is 5.24. The molecule has 0 aliphatic heterocycles. The Balaban J connectivity index is 2.60. The van der Waals surface area contributed by atoms with Gasteiger partial charge in [-0.1, -0.05) is 25.1 Å². The SMILES string of the molecule is CC[C@@H](N)c1ccccc1-n1nc(C)c(Br)c1C. The molecule has 0 saturated carbocycles. The first-order valence-corrected chi connectivity index (χ1v) is 6.92. The molecule has 0 spiro atoms. The van der Waals surface area contributed by atoms with Crippen molar-refractivity contribution >= 4 is 15.9 Å². The van der Waals surface area contributed by atoms with Crippen molar-refractivity contribution in [2.24, 2.45) is 5.73 Å². The van der Waals surface area contributed by atoms with Gasteiger partial charge in [0.1, 0.15) is 0 Å². The molecule has 4 heteroatoms. The summed E-state index contributed by atoms with van der Waals surface area (Å²) in [5, 5.41) is 4.57. The molecule has 0 radical (unpaired) electrons. The molecule has 0 unspecified atom stereocenters. The number of nitrogens with two attached hydrogens (primary N) is 1. The molecule has 0 bridgehead atoms. The summed E-state index contributed by atoms with van der Waals surface area (Å²) in [4.78, 5) is 0. The van der Waals surface area contributed by atoms with Gasteiger partial charge in [-0.25, -0.2) is 4.68 Å². The minimum Gasteiger partial charge on any atom is -0.324 e. The highest BCUT2D eigenvalue weighted by Crippen LogP contribution is 2.27. The molecule has 0 amide bonds. The maximum Gasteiger partial charge on any atom is 0.0743 e. The van der Waals surface area contributed by atoms with E-state index < -0.39 is 0 Å². The van der Waals surface area contributed by atoms with Crippen LogP contribution in [-0.4, -0.2) is 9.78 Å². The van der Waals surface area contributed by atoms with E-state index in [1.165, 1.54) is 0 Å². The van der Waals surface area contributed by atoms with Crippen LogP contribution in [0, 0.1) is 13.8 Å². The van der Waals surface area contributed by atoms with Crippen LogP contribution in [0.25, 0.3) is 5.69 Å². The molecule has 96 valence electrons. The summed E-state index contributed by atoms with van der Waals surface area (Å²) in [5.74, 6) is 0. The van der Waals surface area contributed by atoms with Crippen LogP contribution in [-0.2, 0) is 0 Å². The fourth-order valence-electron chi connectivity index (χ4n) is 2.07. The highest BCUT2D eigenvalue weighted by Gasteiger charge is 2.15. The highest BCUT2D eigenvalue weighted by molar-refractivity contribution is 9.10. The van der Waals surface area contributed by atoms with Crippen LogP contribution in [0.4, 0.5) is 0 Å². The van der Waals surface area contributed by atoms with Crippen molar-refractivity contribution in [1.29, 1.82) is 0 Å². The summed E-state index contributed by atoms with van der Waals surface area (Å²) in [5.41, 5.74) is 10.5. The molecular weight excluding hydrogens is 290 g/mol. The molecule has 0 aliphatic rings. The van der Waals surface area contributed by atoms with Crippen LogP contribution in [0.2, 0.25) is 0 Å². The molecule has 1 heterocycles. The van der Waals surface area contributed by atoms with E-state index in [2.05, 4.69) is 47.0 Å². The third-order valence-electron chi connectivity index (χ3n) is 3.21. The largest absolute Gasteiger partial charge is 0.324 e. The number of hydrogen-bond acceptors (Lipinski definition) is 2. The smallest absolute Gasteiger partial charge is 0.0743 e. The average molecular weight is 308 g/mol. The topological polar surface area (TPSA) is 43.8 Å². The third-order valence-corrected chi connectivity index (χ3v) is 4.35. The van der Waals surface area contributed by atoms with E-state index >= 15 is 0 Å². The number of benzene rings is 1. The zero-order valence-electron chi connectivity index (χ0n) is 10.9. The summed E-state index contributed by atoms with van der Waals surface area (Å²) < 4.78 is 3.02. The van der Waals surface area contributed by atoms with Gasteiger partial charge in [0.25, 0.3) is 0 Å². The molecule has 0 saturated heterocycles. The van der Waals surface area contributed by atoms with Crippen LogP contribution in [0.1, 0.15) is 36.3 Å². The van der Waals surface area contributed by atoms with Crippen molar-refractivity contribution in [3.8, 4) is 5.69 Å². The Morgan fingerprint density at radius 1 is 1.33 bits per heavy atom. The number of halogens is 1. The first-order valence-electron chi connectivity index (χ1n) is 6.12. The van der Waals surface area contributed by atoms with Gasteiger partial charge in [-0.05, 0) is 47.8 Å². The van der Waals surface area contributed by atoms with Crippen LogP contribution in [0.5, 0.6) is 0 Å². The average Bonchev–Trinajstić information content (AvgIpc) is 2.65. The van der Waals surface area contributed by atoms with Gasteiger partial charge in [-0.15, -0.1) is 0 Å². The lowest BCUT2D eigenvalue weighted by Crippen LogP contribution is -2.13. The zero-order valence-corrected chi connectivity index (χ0v) is 12.5. The van der Waals surface area contributed by atoms with Gasteiger partial charge in [0.05, 0.1) is 21.5 Å². The van der Waals surface area contributed by atoms with E-state index in [1.54, 1.807) is 0 Å². The molecule has 1 aromatic heterocycles. The lowest BCUT2D eigenvalue weighted by atomic mass is 10.0. The Kier molecular flexibility index (Phi) is 3.88. The van der Waals surface area contributed by atoms with Gasteiger partial charge in [0.2, 0.25) is 0 Å². The van der Waals surface area contributed by atoms with Gasteiger partial charge in [0, 0.05) is 6.04 Å². The van der Waals surface area contributed by atoms with Gasteiger partial charge in [-0.3, -0.25) is 0 Å². The monoisotopic (exact) mass is 307 g/mol. The van der Waals surface area contributed by atoms with E-state index in [-0.39, 0.29) is 6.04 Å². The van der Waals surface area contributed by atoms with Crippen molar-refractivity contribution in [2.45, 2.75) is 33.2 Å². The number of para-hydroxylation sites is 1. The first-order chi connectivity index (χ1) is 8.56. The quantitative estimate of drug-likeness (QED) is 0.940. The molecule has 0 aliphatic carbocycles. The standard InChI is InChI=1S/C14H18BrN3/c1-4-12(16)11-7-5-6-8-13(11)18-10(3)14(15)9(2)17-18/h5-8,12H,4,16H2,1-3H3/t12-/m1/s1. The maximum atomic E-state index is 6.17. The minimum atomic E-state index is 0.0453. The number of aryl methyl sites for hydroxylation is 1. The predicted molar refractivity (Wildman–Crippen MR) is 78.0 cm³/mol. The van der Waals surface area contributed by atoms with Crippen LogP contribution < -0.4 is 5.73 Å². The summed E-state index contributed by atoms with van der Waals surface area (Å²) in [6.45, 7) is 6.15. The minimum absolute atomic E-state index is 0.0453. The second-order valence-corrected chi connectivity index (χ2v) is 5.26. The van der Waals surface area contributed by atoms with E-state index in [9.17, 15) is 0 Å². The normalized spacial score (nSPS) is 12.7. The summed E-state index contributed by atoms with van der Waals surface area (Å²) in [6.07, 6.45) is 0.914. The molecule has 2 N–H and O–H groups in total. The number of rotatable bonds is 3. The molecule has 18 heavy (non-hydrogen) atoms. The molecule has 3 nitrogen and oxygen atoms in total. The van der Waals surface area contributed by atoms with E-state index in [1.807, 2.05) is 23.7 Å². The van der Waals surface area contributed by atoms with Gasteiger partial charge < -0.3 is 5.73 Å². The van der Waals surface area contributed by atoms with Crippen LogP contribution >= 0.6 is 15.9 Å². The van der Waals surface area contributed by atoms with Crippen molar-refractivity contribution in [2.75, 3.05) is 0 Å². The first kappa shape index (κ1) is 13.3. The molecule has 1 aromatic carbocycles. The molecule has 0 fully saturated rings. The summed E-state index contributed by atoms with van der Waals surface area (Å²) in [7, 11) is 0. The molecule has 2 aromatic rings. The Labute approximate surface area is 116 Å². The Morgan fingerprint density at radius 3 is 2.56 bits per heavy atom. The van der Waals surface area contributed by atoms with E-state index in [0.717, 1.165) is 33.5 Å². The van der Waals surface area contributed by atoms with Gasteiger partial charge in [0.15, 0.2) is 0 Å². The number of nitrogens with zero attached hydrogens (tertiary/aromatic N) is 2. The predicted octanol–water partition coefficient (Wildman–Crippen LogP) is 3.66. The fraction of sp³-hybridized carbons (Fsp3) is 0.357. The highest BCUT2D eigenvalue weighted by atomic mass is 79.9. The Hall–Kier alpha value is -1.13. The van der Waals surface area contributed by atoms with Crippen LogP contribution in [0.15, 0.2) is 28.7 Å². The summed E-state index contributed by atoms with van der Waals surface area (Å²) in [6, 6.07) is 8.23. The van der Waals surface area contributed by atoms with Crippen molar-refractivity contribution < 1.29 is 0 Å². The number of hydrogen-bond donors (Lipinski definition) is 1. The number of aromatic nitrogens is 2. The molecular formula is C14H18BrN3. The Morgan fingerprint density at radius 2 is 2.00 bits per heavy atom.